The van der Waals surface area contributed by atoms with Crippen molar-refractivity contribution in [3.63, 3.8) is 0 Å². The van der Waals surface area contributed by atoms with Crippen LogP contribution in [0.3, 0.4) is 0 Å². The highest BCUT2D eigenvalue weighted by atomic mass is 35.5. The predicted molar refractivity (Wildman–Crippen MR) is 127 cm³/mol. The molecule has 3 amide bonds. The Kier molecular flexibility index (Phi) is 8.28. The summed E-state index contributed by atoms with van der Waals surface area (Å²) < 4.78 is 16.4. The van der Waals surface area contributed by atoms with Crippen LogP contribution in [0.1, 0.15) is 17.3 Å². The number of aromatic nitrogens is 1. The van der Waals surface area contributed by atoms with Gasteiger partial charge in [0.1, 0.15) is 17.2 Å². The molecule has 0 aliphatic heterocycles. The average molecular weight is 473 g/mol. The molecule has 0 aliphatic rings. The van der Waals surface area contributed by atoms with Crippen LogP contribution in [0.5, 0.6) is 17.2 Å². The first kappa shape index (κ1) is 24.1. The van der Waals surface area contributed by atoms with Crippen LogP contribution in [0.15, 0.2) is 42.6 Å². The van der Waals surface area contributed by atoms with E-state index < -0.39 is 0 Å². The van der Waals surface area contributed by atoms with Crippen LogP contribution in [-0.4, -0.2) is 50.8 Å². The van der Waals surface area contributed by atoms with Crippen molar-refractivity contribution in [3.8, 4) is 17.2 Å². The molecule has 9 nitrogen and oxygen atoms in total. The molecule has 0 saturated heterocycles. The Morgan fingerprint density at radius 3 is 2.58 bits per heavy atom. The van der Waals surface area contributed by atoms with Gasteiger partial charge in [0.05, 0.1) is 35.5 Å². The standard InChI is InChI=1S/C23H25ClN4O5/c1-4-25-23(30)28-18-6-5-14(11-17(18)24)33-20-7-8-26-19-13-21(32-3)16(12-15(19)20)22(29)27-9-10-31-2/h5-8,11-13H,4,9-10H2,1-3H3,(H,27,29)(H2,25,28,30). The maximum atomic E-state index is 12.7. The second-order valence-corrected chi connectivity index (χ2v) is 7.26. The van der Waals surface area contributed by atoms with Gasteiger partial charge >= 0.3 is 6.03 Å². The molecule has 3 aromatic rings. The lowest BCUT2D eigenvalue weighted by Gasteiger charge is -2.14. The number of hydrogen-bond acceptors (Lipinski definition) is 6. The fourth-order valence-electron chi connectivity index (χ4n) is 3.06. The molecule has 3 rings (SSSR count). The number of ether oxygens (including phenoxy) is 3. The third kappa shape index (κ3) is 6.03. The summed E-state index contributed by atoms with van der Waals surface area (Å²) in [6, 6.07) is 9.62. The van der Waals surface area contributed by atoms with Crippen molar-refractivity contribution in [2.24, 2.45) is 0 Å². The van der Waals surface area contributed by atoms with Gasteiger partial charge in [-0.15, -0.1) is 0 Å². The number of pyridine rings is 1. The van der Waals surface area contributed by atoms with Gasteiger partial charge in [0.15, 0.2) is 0 Å². The largest absolute Gasteiger partial charge is 0.496 e. The zero-order valence-corrected chi connectivity index (χ0v) is 19.3. The van der Waals surface area contributed by atoms with Crippen molar-refractivity contribution < 1.29 is 23.8 Å². The average Bonchev–Trinajstić information content (AvgIpc) is 2.80. The van der Waals surface area contributed by atoms with Crippen molar-refractivity contribution in [3.05, 3.63) is 53.2 Å². The summed E-state index contributed by atoms with van der Waals surface area (Å²) >= 11 is 6.31. The molecule has 10 heteroatoms. The summed E-state index contributed by atoms with van der Waals surface area (Å²) in [5, 5.41) is 9.03. The van der Waals surface area contributed by atoms with Gasteiger partial charge < -0.3 is 30.2 Å². The van der Waals surface area contributed by atoms with Gasteiger partial charge in [0.25, 0.3) is 5.91 Å². The number of methoxy groups -OCH3 is 2. The van der Waals surface area contributed by atoms with Crippen LogP contribution >= 0.6 is 11.6 Å². The van der Waals surface area contributed by atoms with E-state index in [-0.39, 0.29) is 11.9 Å². The van der Waals surface area contributed by atoms with E-state index in [1.165, 1.54) is 7.11 Å². The Hall–Kier alpha value is -3.56. The van der Waals surface area contributed by atoms with E-state index in [0.29, 0.717) is 64.1 Å². The van der Waals surface area contributed by atoms with Gasteiger partial charge in [-0.2, -0.15) is 0 Å². The molecule has 2 aromatic carbocycles. The minimum Gasteiger partial charge on any atom is -0.496 e. The summed E-state index contributed by atoms with van der Waals surface area (Å²) in [4.78, 5) is 28.8. The van der Waals surface area contributed by atoms with Gasteiger partial charge in [-0.3, -0.25) is 9.78 Å². The maximum absolute atomic E-state index is 12.7. The highest BCUT2D eigenvalue weighted by Crippen LogP contribution is 2.35. The zero-order chi connectivity index (χ0) is 23.8. The Bertz CT molecular complexity index is 1160. The molecule has 0 unspecified atom stereocenters. The molecule has 3 N–H and O–H groups in total. The molecular weight excluding hydrogens is 448 g/mol. The van der Waals surface area contributed by atoms with Crippen LogP contribution in [0, 0.1) is 0 Å². The van der Waals surface area contributed by atoms with Gasteiger partial charge in [-0.25, -0.2) is 4.79 Å². The van der Waals surface area contributed by atoms with Crippen molar-refractivity contribution in [1.82, 2.24) is 15.6 Å². The van der Waals surface area contributed by atoms with Crippen LogP contribution in [-0.2, 0) is 4.74 Å². The molecule has 0 atom stereocenters. The van der Waals surface area contributed by atoms with Crippen molar-refractivity contribution in [2.45, 2.75) is 6.92 Å². The molecule has 0 spiro atoms. The van der Waals surface area contributed by atoms with E-state index in [4.69, 9.17) is 25.8 Å². The number of rotatable bonds is 9. The van der Waals surface area contributed by atoms with Crippen LogP contribution in [0.25, 0.3) is 10.9 Å². The lowest BCUT2D eigenvalue weighted by molar-refractivity contribution is 0.0934. The number of benzene rings is 2. The monoisotopic (exact) mass is 472 g/mol. The summed E-state index contributed by atoms with van der Waals surface area (Å²) in [5.74, 6) is 1.03. The summed E-state index contributed by atoms with van der Waals surface area (Å²) in [7, 11) is 3.05. The van der Waals surface area contributed by atoms with E-state index in [0.717, 1.165) is 0 Å². The van der Waals surface area contributed by atoms with Crippen molar-refractivity contribution in [2.75, 3.05) is 39.2 Å². The highest BCUT2D eigenvalue weighted by Gasteiger charge is 2.17. The number of fused-ring (bicyclic) bond motifs is 1. The minimum atomic E-state index is -0.349. The number of nitrogens with one attached hydrogen (secondary N) is 3. The SMILES string of the molecule is CCNC(=O)Nc1ccc(Oc2ccnc3cc(OC)c(C(=O)NCCOC)cc23)cc1Cl. The molecule has 33 heavy (non-hydrogen) atoms. The first-order chi connectivity index (χ1) is 16.0. The molecule has 0 radical (unpaired) electrons. The fourth-order valence-corrected chi connectivity index (χ4v) is 3.28. The highest BCUT2D eigenvalue weighted by molar-refractivity contribution is 6.33. The van der Waals surface area contributed by atoms with Crippen LogP contribution in [0.2, 0.25) is 5.02 Å². The number of hydrogen-bond donors (Lipinski definition) is 3. The first-order valence-corrected chi connectivity index (χ1v) is 10.6. The van der Waals surface area contributed by atoms with Crippen molar-refractivity contribution >= 4 is 40.1 Å². The van der Waals surface area contributed by atoms with E-state index in [1.54, 1.807) is 49.7 Å². The second kappa shape index (κ2) is 11.3. The number of halogens is 1. The summed E-state index contributed by atoms with van der Waals surface area (Å²) in [6.07, 6.45) is 1.60. The molecule has 0 saturated carbocycles. The van der Waals surface area contributed by atoms with E-state index in [2.05, 4.69) is 20.9 Å². The van der Waals surface area contributed by atoms with Gasteiger partial charge in [-0.1, -0.05) is 11.6 Å². The number of anilines is 1. The third-order valence-electron chi connectivity index (χ3n) is 4.61. The van der Waals surface area contributed by atoms with E-state index >= 15 is 0 Å². The van der Waals surface area contributed by atoms with E-state index in [9.17, 15) is 9.59 Å². The third-order valence-corrected chi connectivity index (χ3v) is 4.93. The molecular formula is C23H25ClN4O5. The fraction of sp³-hybridized carbons (Fsp3) is 0.261. The van der Waals surface area contributed by atoms with Crippen LogP contribution in [0.4, 0.5) is 10.5 Å². The first-order valence-electron chi connectivity index (χ1n) is 10.2. The van der Waals surface area contributed by atoms with Gasteiger partial charge in [0.2, 0.25) is 0 Å². The lowest BCUT2D eigenvalue weighted by Crippen LogP contribution is -2.28. The van der Waals surface area contributed by atoms with E-state index in [1.807, 2.05) is 6.92 Å². The summed E-state index contributed by atoms with van der Waals surface area (Å²) in [5.41, 5.74) is 1.39. The Labute approximate surface area is 196 Å². The number of urea groups is 1. The molecule has 0 fully saturated rings. The molecule has 174 valence electrons. The quantitative estimate of drug-likeness (QED) is 0.402. The number of carbonyl (C=O) groups excluding carboxylic acids is 2. The zero-order valence-electron chi connectivity index (χ0n) is 18.5. The maximum Gasteiger partial charge on any atom is 0.319 e. The summed E-state index contributed by atoms with van der Waals surface area (Å²) in [6.45, 7) is 3.07. The Morgan fingerprint density at radius 2 is 1.88 bits per heavy atom. The molecule has 1 aromatic heterocycles. The Balaban J connectivity index is 1.90. The van der Waals surface area contributed by atoms with Crippen molar-refractivity contribution in [1.29, 1.82) is 0 Å². The van der Waals surface area contributed by atoms with Gasteiger partial charge in [-0.05, 0) is 31.2 Å². The predicted octanol–water partition coefficient (Wildman–Crippen LogP) is 4.21. The smallest absolute Gasteiger partial charge is 0.319 e. The molecule has 1 heterocycles. The molecule has 0 aliphatic carbocycles. The number of amides is 3. The number of nitrogens with zero attached hydrogens (tertiary/aromatic N) is 1. The topological polar surface area (TPSA) is 111 Å². The van der Waals surface area contributed by atoms with Crippen LogP contribution < -0.4 is 25.4 Å². The minimum absolute atomic E-state index is 0.301. The normalized spacial score (nSPS) is 10.5. The second-order valence-electron chi connectivity index (χ2n) is 6.86. The number of carbonyl (C=O) groups is 2. The van der Waals surface area contributed by atoms with Gasteiger partial charge in [0, 0.05) is 43.9 Å². The lowest BCUT2D eigenvalue weighted by atomic mass is 10.1. The Morgan fingerprint density at radius 1 is 1.06 bits per heavy atom. The molecule has 0 bridgehead atoms.